The predicted octanol–water partition coefficient (Wildman–Crippen LogP) is 1.97. The molecule has 22 heavy (non-hydrogen) atoms. The maximum atomic E-state index is 6.02. The molecule has 1 saturated heterocycles. The van der Waals surface area contributed by atoms with E-state index in [1.807, 2.05) is 6.07 Å². The lowest BCUT2D eigenvalue weighted by atomic mass is 9.89. The summed E-state index contributed by atoms with van der Waals surface area (Å²) in [5, 5.41) is 6.64. The van der Waals surface area contributed by atoms with Gasteiger partial charge in [-0.05, 0) is 18.4 Å². The van der Waals surface area contributed by atoms with E-state index in [1.165, 1.54) is 12.0 Å². The van der Waals surface area contributed by atoms with Gasteiger partial charge in [-0.25, -0.2) is 0 Å². The van der Waals surface area contributed by atoms with Gasteiger partial charge in [-0.1, -0.05) is 30.3 Å². The molecule has 5 nitrogen and oxygen atoms in total. The number of methoxy groups -OCH3 is 1. The second kappa shape index (κ2) is 9.43. The molecule has 1 aromatic carbocycles. The van der Waals surface area contributed by atoms with Gasteiger partial charge in [0.25, 0.3) is 0 Å². The van der Waals surface area contributed by atoms with Gasteiger partial charge < -0.3 is 20.1 Å². The van der Waals surface area contributed by atoms with Crippen LogP contribution >= 0.6 is 0 Å². The fraction of sp³-hybridized carbons (Fsp3) is 0.588. The van der Waals surface area contributed by atoms with Crippen LogP contribution < -0.4 is 10.6 Å². The van der Waals surface area contributed by atoms with Gasteiger partial charge in [0, 0.05) is 39.8 Å². The van der Waals surface area contributed by atoms with Gasteiger partial charge >= 0.3 is 0 Å². The highest BCUT2D eigenvalue weighted by Gasteiger charge is 2.27. The van der Waals surface area contributed by atoms with E-state index in [1.54, 1.807) is 14.2 Å². The molecule has 0 radical (unpaired) electrons. The van der Waals surface area contributed by atoms with Crippen molar-refractivity contribution in [1.29, 1.82) is 0 Å². The summed E-state index contributed by atoms with van der Waals surface area (Å²) < 4.78 is 11.1. The highest BCUT2D eigenvalue weighted by molar-refractivity contribution is 5.79. The second-order valence-corrected chi connectivity index (χ2v) is 5.48. The summed E-state index contributed by atoms with van der Waals surface area (Å²) >= 11 is 0. The van der Waals surface area contributed by atoms with E-state index in [0.29, 0.717) is 12.5 Å². The van der Waals surface area contributed by atoms with E-state index in [-0.39, 0.29) is 6.10 Å². The van der Waals surface area contributed by atoms with Crippen molar-refractivity contribution in [2.24, 2.45) is 10.9 Å². The second-order valence-electron chi connectivity index (χ2n) is 5.48. The molecule has 2 atom stereocenters. The summed E-state index contributed by atoms with van der Waals surface area (Å²) in [5.41, 5.74) is 1.26. The fourth-order valence-electron chi connectivity index (χ4n) is 2.78. The number of hydrogen-bond acceptors (Lipinski definition) is 3. The molecule has 0 spiro atoms. The number of guanidine groups is 1. The van der Waals surface area contributed by atoms with Crippen LogP contribution in [0, 0.1) is 5.92 Å². The smallest absolute Gasteiger partial charge is 0.191 e. The first kappa shape index (κ1) is 16.8. The lowest BCUT2D eigenvalue weighted by molar-refractivity contribution is -0.0265. The Morgan fingerprint density at radius 2 is 2.14 bits per heavy atom. The third-order valence-corrected chi connectivity index (χ3v) is 3.93. The van der Waals surface area contributed by atoms with Crippen molar-refractivity contribution >= 4 is 5.96 Å². The molecular weight excluding hydrogens is 278 g/mol. The Balaban J connectivity index is 1.89. The quantitative estimate of drug-likeness (QED) is 0.479. The van der Waals surface area contributed by atoms with Crippen LogP contribution in [0.5, 0.6) is 0 Å². The topological polar surface area (TPSA) is 54.9 Å². The Morgan fingerprint density at radius 3 is 2.86 bits per heavy atom. The number of ether oxygens (including phenoxy) is 2. The molecule has 0 bridgehead atoms. The molecule has 2 rings (SSSR count). The van der Waals surface area contributed by atoms with Crippen LogP contribution in [0.4, 0.5) is 0 Å². The largest absolute Gasteiger partial charge is 0.383 e. The zero-order valence-electron chi connectivity index (χ0n) is 13.5. The molecule has 122 valence electrons. The van der Waals surface area contributed by atoms with E-state index in [0.717, 1.165) is 32.1 Å². The minimum absolute atomic E-state index is 0.166. The molecule has 0 aromatic heterocycles. The molecule has 1 fully saturated rings. The third-order valence-electron chi connectivity index (χ3n) is 3.93. The summed E-state index contributed by atoms with van der Waals surface area (Å²) in [6.45, 7) is 3.11. The van der Waals surface area contributed by atoms with Crippen LogP contribution in [-0.4, -0.2) is 46.4 Å². The maximum Gasteiger partial charge on any atom is 0.191 e. The van der Waals surface area contributed by atoms with E-state index in [2.05, 4.69) is 39.9 Å². The van der Waals surface area contributed by atoms with Crippen LogP contribution in [0.25, 0.3) is 0 Å². The molecule has 5 heteroatoms. The Kier molecular flexibility index (Phi) is 7.19. The van der Waals surface area contributed by atoms with Gasteiger partial charge in [0.05, 0.1) is 12.7 Å². The number of nitrogens with one attached hydrogen (secondary N) is 2. The Labute approximate surface area is 133 Å². The van der Waals surface area contributed by atoms with Crippen LogP contribution in [0.3, 0.4) is 0 Å². The average Bonchev–Trinajstić information content (AvgIpc) is 2.59. The van der Waals surface area contributed by atoms with E-state index < -0.39 is 0 Å². The van der Waals surface area contributed by atoms with Gasteiger partial charge in [0.1, 0.15) is 0 Å². The van der Waals surface area contributed by atoms with Crippen molar-refractivity contribution in [2.45, 2.75) is 18.9 Å². The molecule has 1 aliphatic heterocycles. The first-order valence-corrected chi connectivity index (χ1v) is 7.95. The molecule has 0 amide bonds. The zero-order chi connectivity index (χ0) is 15.6. The summed E-state index contributed by atoms with van der Waals surface area (Å²) in [7, 11) is 3.48. The molecule has 1 aliphatic rings. The molecule has 1 aromatic rings. The number of nitrogens with zero attached hydrogens (tertiary/aromatic N) is 1. The molecule has 0 saturated carbocycles. The van der Waals surface area contributed by atoms with Gasteiger partial charge in [-0.2, -0.15) is 0 Å². The van der Waals surface area contributed by atoms with Crippen molar-refractivity contribution < 1.29 is 9.47 Å². The number of aliphatic imine (C=N–C) groups is 1. The van der Waals surface area contributed by atoms with E-state index >= 15 is 0 Å². The first-order chi connectivity index (χ1) is 10.8. The van der Waals surface area contributed by atoms with E-state index in [9.17, 15) is 0 Å². The minimum atomic E-state index is 0.166. The highest BCUT2D eigenvalue weighted by atomic mass is 16.5. The van der Waals surface area contributed by atoms with Crippen molar-refractivity contribution in [2.75, 3.05) is 40.5 Å². The van der Waals surface area contributed by atoms with Crippen molar-refractivity contribution in [3.05, 3.63) is 35.9 Å². The van der Waals surface area contributed by atoms with Gasteiger partial charge in [0.15, 0.2) is 5.96 Å². The average molecular weight is 305 g/mol. The SMILES string of the molecule is CN=C(NCCOC)NCC1CCCOC1c1ccccc1. The molecule has 0 aliphatic carbocycles. The van der Waals surface area contributed by atoms with Crippen LogP contribution in [0.2, 0.25) is 0 Å². The van der Waals surface area contributed by atoms with E-state index in [4.69, 9.17) is 9.47 Å². The summed E-state index contributed by atoms with van der Waals surface area (Å²) in [4.78, 5) is 4.24. The normalized spacial score (nSPS) is 22.4. The summed E-state index contributed by atoms with van der Waals surface area (Å²) in [5.74, 6) is 1.27. The number of hydrogen-bond donors (Lipinski definition) is 2. The Hall–Kier alpha value is -1.59. The Bertz CT molecular complexity index is 450. The van der Waals surface area contributed by atoms with Crippen molar-refractivity contribution in [3.8, 4) is 0 Å². The number of benzene rings is 1. The molecule has 1 heterocycles. The van der Waals surface area contributed by atoms with Crippen LogP contribution in [0.1, 0.15) is 24.5 Å². The van der Waals surface area contributed by atoms with Gasteiger partial charge in [-0.3, -0.25) is 4.99 Å². The first-order valence-electron chi connectivity index (χ1n) is 7.95. The van der Waals surface area contributed by atoms with Crippen LogP contribution in [0.15, 0.2) is 35.3 Å². The van der Waals surface area contributed by atoms with Gasteiger partial charge in [-0.15, -0.1) is 0 Å². The number of rotatable bonds is 6. The minimum Gasteiger partial charge on any atom is -0.383 e. The Morgan fingerprint density at radius 1 is 1.32 bits per heavy atom. The van der Waals surface area contributed by atoms with Crippen molar-refractivity contribution in [1.82, 2.24) is 10.6 Å². The fourth-order valence-corrected chi connectivity index (χ4v) is 2.78. The van der Waals surface area contributed by atoms with Gasteiger partial charge in [0.2, 0.25) is 0 Å². The molecular formula is C17H27N3O2. The lowest BCUT2D eigenvalue weighted by Crippen LogP contribution is -2.42. The predicted molar refractivity (Wildman–Crippen MR) is 89.1 cm³/mol. The summed E-state index contributed by atoms with van der Waals surface area (Å²) in [6.07, 6.45) is 2.45. The van der Waals surface area contributed by atoms with Crippen molar-refractivity contribution in [3.63, 3.8) is 0 Å². The lowest BCUT2D eigenvalue weighted by Gasteiger charge is -2.32. The highest BCUT2D eigenvalue weighted by Crippen LogP contribution is 2.32. The monoisotopic (exact) mass is 305 g/mol. The van der Waals surface area contributed by atoms with Crippen LogP contribution in [-0.2, 0) is 9.47 Å². The zero-order valence-corrected chi connectivity index (χ0v) is 13.5. The summed E-state index contributed by atoms with van der Waals surface area (Å²) in [6, 6.07) is 10.5. The molecule has 2 N–H and O–H groups in total. The standard InChI is InChI=1S/C17H27N3O2/c1-18-17(19-10-12-21-2)20-13-15-9-6-11-22-16(15)14-7-4-3-5-8-14/h3-5,7-8,15-16H,6,9-13H2,1-2H3,(H2,18,19,20). The third kappa shape index (κ3) is 5.00. The molecule has 2 unspecified atom stereocenters. The maximum absolute atomic E-state index is 6.02.